The molecule has 114 valence electrons. The highest BCUT2D eigenvalue weighted by atomic mass is 16.2. The zero-order valence-electron chi connectivity index (χ0n) is 12.6. The topological polar surface area (TPSA) is 75.4 Å². The van der Waals surface area contributed by atoms with Crippen molar-refractivity contribution in [3.05, 3.63) is 29.8 Å². The van der Waals surface area contributed by atoms with Gasteiger partial charge in [-0.25, -0.2) is 0 Å². The molecule has 0 spiro atoms. The van der Waals surface area contributed by atoms with Gasteiger partial charge in [-0.05, 0) is 36.5 Å². The molecule has 2 amide bonds. The molecule has 1 fully saturated rings. The number of likely N-dealkylation sites (N-methyl/N-ethyl adjacent to an activating group) is 1. The molecule has 1 aromatic carbocycles. The molecule has 0 aliphatic heterocycles. The minimum atomic E-state index is -0.0495. The lowest BCUT2D eigenvalue weighted by molar-refractivity contribution is -0.128. The quantitative estimate of drug-likeness (QED) is 0.831. The maximum atomic E-state index is 11.9. The Kier molecular flexibility index (Phi) is 4.96. The van der Waals surface area contributed by atoms with Crippen LogP contribution in [0.3, 0.4) is 0 Å². The maximum Gasteiger partial charge on any atom is 0.226 e. The van der Waals surface area contributed by atoms with Gasteiger partial charge in [-0.15, -0.1) is 0 Å². The molecule has 1 atom stereocenters. The van der Waals surface area contributed by atoms with Crippen molar-refractivity contribution < 1.29 is 9.59 Å². The van der Waals surface area contributed by atoms with E-state index in [1.54, 1.807) is 19.0 Å². The van der Waals surface area contributed by atoms with Gasteiger partial charge in [0.1, 0.15) is 0 Å². The fourth-order valence-electron chi connectivity index (χ4n) is 2.16. The van der Waals surface area contributed by atoms with Crippen LogP contribution in [0.5, 0.6) is 0 Å². The highest BCUT2D eigenvalue weighted by Gasteiger charge is 2.29. The molecule has 5 heteroatoms. The second-order valence-corrected chi connectivity index (χ2v) is 5.92. The van der Waals surface area contributed by atoms with Crippen LogP contribution in [-0.2, 0) is 16.0 Å². The number of rotatable bonds is 6. The third-order valence-electron chi connectivity index (χ3n) is 3.74. The SMILES string of the molecule is CN(C)C(=O)Cc1ccc(NC(=O)CC(N)C2CC2)cc1. The smallest absolute Gasteiger partial charge is 0.226 e. The lowest BCUT2D eigenvalue weighted by Crippen LogP contribution is -2.28. The van der Waals surface area contributed by atoms with Crippen LogP contribution in [0.25, 0.3) is 0 Å². The molecule has 2 rings (SSSR count). The molecule has 1 unspecified atom stereocenters. The van der Waals surface area contributed by atoms with E-state index in [0.29, 0.717) is 18.8 Å². The number of nitrogens with zero attached hydrogens (tertiary/aromatic N) is 1. The summed E-state index contributed by atoms with van der Waals surface area (Å²) in [7, 11) is 3.47. The molecule has 5 nitrogen and oxygen atoms in total. The average Bonchev–Trinajstić information content (AvgIpc) is 3.25. The molecule has 0 heterocycles. The van der Waals surface area contributed by atoms with Crippen molar-refractivity contribution >= 4 is 17.5 Å². The molecule has 0 bridgehead atoms. The van der Waals surface area contributed by atoms with Crippen molar-refractivity contribution in [3.8, 4) is 0 Å². The third-order valence-corrected chi connectivity index (χ3v) is 3.74. The number of nitrogens with one attached hydrogen (secondary N) is 1. The van der Waals surface area contributed by atoms with Gasteiger partial charge in [-0.3, -0.25) is 9.59 Å². The Morgan fingerprint density at radius 3 is 2.43 bits per heavy atom. The Morgan fingerprint density at radius 1 is 1.29 bits per heavy atom. The van der Waals surface area contributed by atoms with Crippen molar-refractivity contribution in [3.63, 3.8) is 0 Å². The van der Waals surface area contributed by atoms with E-state index in [4.69, 9.17) is 5.73 Å². The van der Waals surface area contributed by atoms with Gasteiger partial charge >= 0.3 is 0 Å². The minimum Gasteiger partial charge on any atom is -0.349 e. The Bertz CT molecular complexity index is 507. The summed E-state index contributed by atoms with van der Waals surface area (Å²) >= 11 is 0. The molecule has 1 aromatic rings. The van der Waals surface area contributed by atoms with Crippen LogP contribution in [0.4, 0.5) is 5.69 Å². The van der Waals surface area contributed by atoms with Crippen LogP contribution in [0.15, 0.2) is 24.3 Å². The summed E-state index contributed by atoms with van der Waals surface area (Å²) in [5.74, 6) is 0.531. The minimum absolute atomic E-state index is 0.0259. The van der Waals surface area contributed by atoms with Gasteiger partial charge in [0.15, 0.2) is 0 Å². The van der Waals surface area contributed by atoms with Crippen LogP contribution in [-0.4, -0.2) is 36.9 Å². The molecule has 0 aromatic heterocycles. The number of benzene rings is 1. The van der Waals surface area contributed by atoms with Crippen LogP contribution in [0.1, 0.15) is 24.8 Å². The average molecular weight is 289 g/mol. The predicted molar refractivity (Wildman–Crippen MR) is 82.8 cm³/mol. The first-order valence-electron chi connectivity index (χ1n) is 7.30. The lowest BCUT2D eigenvalue weighted by atomic mass is 10.1. The van der Waals surface area contributed by atoms with E-state index in [0.717, 1.165) is 24.1 Å². The van der Waals surface area contributed by atoms with E-state index < -0.39 is 0 Å². The molecule has 1 saturated carbocycles. The van der Waals surface area contributed by atoms with Crippen molar-refractivity contribution in [1.29, 1.82) is 0 Å². The standard InChI is InChI=1S/C16H23N3O2/c1-19(2)16(21)9-11-3-7-13(8-4-11)18-15(20)10-14(17)12-5-6-12/h3-4,7-8,12,14H,5-6,9-10,17H2,1-2H3,(H,18,20). The van der Waals surface area contributed by atoms with Gasteiger partial charge in [0, 0.05) is 32.2 Å². The summed E-state index contributed by atoms with van der Waals surface area (Å²) in [4.78, 5) is 25.0. The van der Waals surface area contributed by atoms with E-state index in [9.17, 15) is 9.59 Å². The zero-order chi connectivity index (χ0) is 15.4. The lowest BCUT2D eigenvalue weighted by Gasteiger charge is -2.12. The van der Waals surface area contributed by atoms with E-state index in [1.165, 1.54) is 0 Å². The fraction of sp³-hybridized carbons (Fsp3) is 0.500. The number of carbonyl (C=O) groups is 2. The van der Waals surface area contributed by atoms with Crippen LogP contribution in [0, 0.1) is 5.92 Å². The van der Waals surface area contributed by atoms with Crippen molar-refractivity contribution in [2.75, 3.05) is 19.4 Å². The summed E-state index contributed by atoms with van der Waals surface area (Å²) < 4.78 is 0. The van der Waals surface area contributed by atoms with Gasteiger partial charge in [-0.1, -0.05) is 12.1 Å². The first-order valence-corrected chi connectivity index (χ1v) is 7.30. The maximum absolute atomic E-state index is 11.9. The molecule has 3 N–H and O–H groups in total. The van der Waals surface area contributed by atoms with Gasteiger partial charge in [-0.2, -0.15) is 0 Å². The number of nitrogens with two attached hydrogens (primary N) is 1. The molecule has 0 saturated heterocycles. The van der Waals surface area contributed by atoms with E-state index in [-0.39, 0.29) is 17.9 Å². The second kappa shape index (κ2) is 6.72. The highest BCUT2D eigenvalue weighted by Crippen LogP contribution is 2.32. The van der Waals surface area contributed by atoms with E-state index in [2.05, 4.69) is 5.32 Å². The normalized spacial score (nSPS) is 15.4. The number of hydrogen-bond acceptors (Lipinski definition) is 3. The Morgan fingerprint density at radius 2 is 1.90 bits per heavy atom. The van der Waals surface area contributed by atoms with E-state index >= 15 is 0 Å². The largest absolute Gasteiger partial charge is 0.349 e. The molecule has 21 heavy (non-hydrogen) atoms. The zero-order valence-corrected chi connectivity index (χ0v) is 12.6. The Balaban J connectivity index is 1.83. The Labute approximate surface area is 125 Å². The number of carbonyl (C=O) groups excluding carboxylic acids is 2. The highest BCUT2D eigenvalue weighted by molar-refractivity contribution is 5.91. The first kappa shape index (κ1) is 15.5. The van der Waals surface area contributed by atoms with Gasteiger partial charge < -0.3 is 16.0 Å². The second-order valence-electron chi connectivity index (χ2n) is 5.92. The van der Waals surface area contributed by atoms with Crippen LogP contribution >= 0.6 is 0 Å². The molecular formula is C16H23N3O2. The molecule has 1 aliphatic rings. The Hall–Kier alpha value is -1.88. The summed E-state index contributed by atoms with van der Waals surface area (Å²) in [5, 5.41) is 2.84. The predicted octanol–water partition coefficient (Wildman–Crippen LogP) is 1.38. The van der Waals surface area contributed by atoms with Crippen molar-refractivity contribution in [1.82, 2.24) is 4.90 Å². The van der Waals surface area contributed by atoms with Crippen LogP contribution < -0.4 is 11.1 Å². The van der Waals surface area contributed by atoms with Gasteiger partial charge in [0.05, 0.1) is 6.42 Å². The third kappa shape index (κ3) is 4.86. The molecular weight excluding hydrogens is 266 g/mol. The monoisotopic (exact) mass is 289 g/mol. The molecule has 0 radical (unpaired) electrons. The fourth-order valence-corrected chi connectivity index (χ4v) is 2.16. The molecule has 1 aliphatic carbocycles. The number of amides is 2. The summed E-state index contributed by atoms with van der Waals surface area (Å²) in [6, 6.07) is 7.33. The van der Waals surface area contributed by atoms with Crippen molar-refractivity contribution in [2.24, 2.45) is 11.7 Å². The summed E-state index contributed by atoms with van der Waals surface area (Å²) in [6.45, 7) is 0. The van der Waals surface area contributed by atoms with Crippen LogP contribution in [0.2, 0.25) is 0 Å². The number of anilines is 1. The van der Waals surface area contributed by atoms with Gasteiger partial charge in [0.25, 0.3) is 0 Å². The number of hydrogen-bond donors (Lipinski definition) is 2. The van der Waals surface area contributed by atoms with Crippen molar-refractivity contribution in [2.45, 2.75) is 31.7 Å². The van der Waals surface area contributed by atoms with E-state index in [1.807, 2.05) is 24.3 Å². The van der Waals surface area contributed by atoms with Gasteiger partial charge in [0.2, 0.25) is 11.8 Å². The summed E-state index contributed by atoms with van der Waals surface area (Å²) in [5.41, 5.74) is 7.61. The first-order chi connectivity index (χ1) is 9.95. The summed E-state index contributed by atoms with van der Waals surface area (Å²) in [6.07, 6.45) is 3.02.